The van der Waals surface area contributed by atoms with Gasteiger partial charge in [-0.05, 0) is 74.3 Å². The van der Waals surface area contributed by atoms with Crippen LogP contribution in [0.5, 0.6) is 0 Å². The minimum atomic E-state index is -5.07. The van der Waals surface area contributed by atoms with Crippen LogP contribution in [0.25, 0.3) is 16.5 Å². The van der Waals surface area contributed by atoms with E-state index in [0.29, 0.717) is 22.9 Å². The predicted molar refractivity (Wildman–Crippen MR) is 120 cm³/mol. The molecule has 0 aliphatic heterocycles. The number of carboxylic acid groups (broad SMARTS) is 2. The number of halogens is 3. The molecule has 6 rings (SSSR count). The Morgan fingerprint density at radius 3 is 2.00 bits per heavy atom. The van der Waals surface area contributed by atoms with Crippen LogP contribution in [0.2, 0.25) is 0 Å². The van der Waals surface area contributed by atoms with Gasteiger partial charge in [0, 0.05) is 29.2 Å². The Morgan fingerprint density at radius 1 is 0.941 bits per heavy atom. The van der Waals surface area contributed by atoms with Crippen LogP contribution in [0.1, 0.15) is 43.4 Å². The average Bonchev–Trinajstić information content (AvgIpc) is 2.98. The Kier molecular flexibility index (Phi) is 5.18. The fourth-order valence-electron chi connectivity index (χ4n) is 7.06. The number of aliphatic carboxylic acids is 2. The van der Waals surface area contributed by atoms with Crippen LogP contribution in [0.4, 0.5) is 13.2 Å². The summed E-state index contributed by atoms with van der Waals surface area (Å²) in [5.41, 5.74) is -2.29. The van der Waals surface area contributed by atoms with Crippen LogP contribution < -0.4 is 0 Å². The van der Waals surface area contributed by atoms with Gasteiger partial charge < -0.3 is 14.8 Å². The van der Waals surface area contributed by atoms with E-state index < -0.39 is 34.8 Å². The second-order valence-electron chi connectivity index (χ2n) is 10.0. The van der Waals surface area contributed by atoms with Gasteiger partial charge in [0.1, 0.15) is 0 Å². The van der Waals surface area contributed by atoms with Crippen molar-refractivity contribution in [1.29, 1.82) is 0 Å². The van der Waals surface area contributed by atoms with Crippen molar-refractivity contribution < 1.29 is 33.0 Å². The lowest BCUT2D eigenvalue weighted by Crippen LogP contribution is -2.42. The third-order valence-electron chi connectivity index (χ3n) is 8.17. The summed E-state index contributed by atoms with van der Waals surface area (Å²) in [5, 5.41) is 20.6. The number of aryl methyl sites for hydroxylation is 1. The van der Waals surface area contributed by atoms with E-state index in [2.05, 4.69) is 0 Å². The Hall–Kier alpha value is -3.03. The summed E-state index contributed by atoms with van der Waals surface area (Å²) < 4.78 is 45.8. The normalized spacial score (nSPS) is 26.7. The number of hydrogen-bond donors (Lipinski definition) is 2. The average molecular weight is 473 g/mol. The number of benzene rings is 1. The van der Waals surface area contributed by atoms with Gasteiger partial charge in [0.05, 0.1) is 16.7 Å². The first-order valence-corrected chi connectivity index (χ1v) is 11.6. The summed E-state index contributed by atoms with van der Waals surface area (Å²) in [6, 6.07) is 6.46. The monoisotopic (exact) mass is 473 g/mol. The van der Waals surface area contributed by atoms with Gasteiger partial charge in [-0.3, -0.25) is 0 Å². The number of carbonyl (C=O) groups is 2. The van der Waals surface area contributed by atoms with Crippen LogP contribution in [-0.2, 0) is 16.6 Å². The van der Waals surface area contributed by atoms with Crippen molar-refractivity contribution in [3.63, 3.8) is 0 Å². The lowest BCUT2D eigenvalue weighted by atomic mass is 9.53. The highest BCUT2D eigenvalue weighted by Gasteiger charge is 2.50. The molecule has 1 heterocycles. The first kappa shape index (κ1) is 22.7. The van der Waals surface area contributed by atoms with E-state index in [9.17, 15) is 33.0 Å². The van der Waals surface area contributed by atoms with E-state index in [-0.39, 0.29) is 28.5 Å². The molecule has 0 radical (unpaired) electrons. The predicted octanol–water partition coefficient (Wildman–Crippen LogP) is 5.72. The molecule has 0 amide bonds. The highest BCUT2D eigenvalue weighted by molar-refractivity contribution is 6.14. The van der Waals surface area contributed by atoms with Crippen LogP contribution in [0, 0.1) is 30.6 Å². The number of aromatic nitrogens is 1. The smallest absolute Gasteiger partial charge is 0.417 e. The van der Waals surface area contributed by atoms with Gasteiger partial charge in [-0.1, -0.05) is 18.2 Å². The summed E-state index contributed by atoms with van der Waals surface area (Å²) in [6.07, 6.45) is -1.11. The molecule has 1 aromatic carbocycles. The molecule has 4 fully saturated rings. The van der Waals surface area contributed by atoms with E-state index in [0.717, 1.165) is 32.1 Å². The molecule has 0 saturated heterocycles. The summed E-state index contributed by atoms with van der Waals surface area (Å²) in [5.74, 6) is -2.90. The minimum Gasteiger partial charge on any atom is -0.478 e. The highest BCUT2D eigenvalue weighted by Crippen LogP contribution is 2.58. The van der Waals surface area contributed by atoms with Crippen molar-refractivity contribution >= 4 is 28.4 Å². The zero-order chi connectivity index (χ0) is 24.5. The van der Waals surface area contributed by atoms with Crippen molar-refractivity contribution in [2.24, 2.45) is 30.7 Å². The summed E-state index contributed by atoms with van der Waals surface area (Å²) >= 11 is 0. The largest absolute Gasteiger partial charge is 0.478 e. The fourth-order valence-corrected chi connectivity index (χ4v) is 7.06. The number of fused-ring (bicyclic) bond motifs is 1. The zero-order valence-corrected chi connectivity index (χ0v) is 18.9. The van der Waals surface area contributed by atoms with Gasteiger partial charge in [0.25, 0.3) is 0 Å². The van der Waals surface area contributed by atoms with E-state index in [1.54, 1.807) is 29.8 Å². The van der Waals surface area contributed by atoms with Gasteiger partial charge in [0.2, 0.25) is 0 Å². The van der Waals surface area contributed by atoms with Gasteiger partial charge >= 0.3 is 18.1 Å². The summed E-state index contributed by atoms with van der Waals surface area (Å²) in [4.78, 5) is 25.1. The quantitative estimate of drug-likeness (QED) is 0.557. The molecule has 4 saturated carbocycles. The van der Waals surface area contributed by atoms with E-state index >= 15 is 0 Å². The number of carboxylic acids is 2. The molecule has 8 heteroatoms. The van der Waals surface area contributed by atoms with E-state index in [1.807, 2.05) is 0 Å². The van der Waals surface area contributed by atoms with E-state index in [1.165, 1.54) is 13.0 Å². The summed E-state index contributed by atoms with van der Waals surface area (Å²) in [6.45, 7) is 1.50. The molecule has 2 aromatic rings. The first-order valence-electron chi connectivity index (χ1n) is 11.6. The van der Waals surface area contributed by atoms with Crippen LogP contribution in [0.15, 0.2) is 41.0 Å². The molecular formula is C26H26F3NO4. The Balaban J connectivity index is 1.88. The molecule has 0 spiro atoms. The second kappa shape index (κ2) is 7.75. The Morgan fingerprint density at radius 2 is 1.50 bits per heavy atom. The van der Waals surface area contributed by atoms with Gasteiger partial charge in [-0.2, -0.15) is 13.2 Å². The molecule has 180 valence electrons. The van der Waals surface area contributed by atoms with Gasteiger partial charge in [-0.15, -0.1) is 0 Å². The topological polar surface area (TPSA) is 79.5 Å². The number of allylic oxidation sites excluding steroid dienone is 2. The SMILES string of the molecule is Cc1c(/C(=C(\C(=O)O)C(C(=O)O)=C2C3CC4CC(C3)CC2C4)C(F)(F)F)c2ccccc2n1C. The number of para-hydroxylation sites is 1. The zero-order valence-electron chi connectivity index (χ0n) is 18.9. The molecule has 2 N–H and O–H groups in total. The number of rotatable bonds is 4. The summed E-state index contributed by atoms with van der Waals surface area (Å²) in [7, 11) is 1.62. The Bertz CT molecular complexity index is 1250. The van der Waals surface area contributed by atoms with Crippen molar-refractivity contribution in [3.05, 3.63) is 52.2 Å². The van der Waals surface area contributed by atoms with Crippen molar-refractivity contribution in [3.8, 4) is 0 Å². The third-order valence-corrected chi connectivity index (χ3v) is 8.17. The second-order valence-corrected chi connectivity index (χ2v) is 10.0. The number of alkyl halides is 3. The van der Waals surface area contributed by atoms with E-state index in [4.69, 9.17) is 0 Å². The maximum Gasteiger partial charge on any atom is 0.417 e. The van der Waals surface area contributed by atoms with Crippen LogP contribution in [0.3, 0.4) is 0 Å². The number of nitrogens with zero attached hydrogens (tertiary/aromatic N) is 1. The molecule has 1 aromatic heterocycles. The Labute approximate surface area is 194 Å². The fraction of sp³-hybridized carbons (Fsp3) is 0.462. The molecule has 0 atom stereocenters. The van der Waals surface area contributed by atoms with Crippen LogP contribution >= 0.6 is 0 Å². The van der Waals surface area contributed by atoms with Crippen molar-refractivity contribution in [2.75, 3.05) is 0 Å². The molecule has 34 heavy (non-hydrogen) atoms. The first-order chi connectivity index (χ1) is 16.0. The number of hydrogen-bond acceptors (Lipinski definition) is 2. The van der Waals surface area contributed by atoms with Crippen LogP contribution in [-0.4, -0.2) is 32.9 Å². The molecule has 4 aliphatic rings. The van der Waals surface area contributed by atoms with Gasteiger partial charge in [-0.25, -0.2) is 9.59 Å². The maximum absolute atomic E-state index is 14.7. The highest BCUT2D eigenvalue weighted by atomic mass is 19.4. The van der Waals surface area contributed by atoms with Gasteiger partial charge in [0.15, 0.2) is 0 Å². The molecule has 0 unspecified atom stereocenters. The third kappa shape index (κ3) is 3.37. The standard InChI is InChI=1S/C26H26F3NO4/c1-12-19(17-5-3-4-6-18(17)30(12)2)23(26(27,28)29)22(25(33)34)21(24(31)32)20-15-8-13-7-14(10-15)11-16(20)9-13/h3-6,13-16H,7-11H2,1-2H3,(H,31,32)(H,33,34)/b21-20?,23-22+. The molecule has 4 aliphatic carbocycles. The maximum atomic E-state index is 14.7. The molecular weight excluding hydrogens is 447 g/mol. The molecule has 5 nitrogen and oxygen atoms in total. The van der Waals surface area contributed by atoms with Crippen molar-refractivity contribution in [2.45, 2.75) is 45.2 Å². The molecule has 4 bridgehead atoms. The van der Waals surface area contributed by atoms with Crippen molar-refractivity contribution in [1.82, 2.24) is 4.57 Å². The lowest BCUT2D eigenvalue weighted by Gasteiger charge is -2.52. The minimum absolute atomic E-state index is 0.167. The lowest BCUT2D eigenvalue weighted by molar-refractivity contribution is -0.136.